The fourth-order valence-electron chi connectivity index (χ4n) is 4.60. The van der Waals surface area contributed by atoms with E-state index in [2.05, 4.69) is 20.0 Å². The molecule has 0 saturated carbocycles. The van der Waals surface area contributed by atoms with Gasteiger partial charge in [0.2, 0.25) is 0 Å². The number of aromatic hydroxyl groups is 1. The van der Waals surface area contributed by atoms with Crippen molar-refractivity contribution in [2.45, 2.75) is 6.92 Å². The molecule has 35 heavy (non-hydrogen) atoms. The van der Waals surface area contributed by atoms with Crippen LogP contribution in [0.2, 0.25) is 0 Å². The van der Waals surface area contributed by atoms with Gasteiger partial charge in [-0.25, -0.2) is 4.39 Å². The van der Waals surface area contributed by atoms with E-state index in [1.807, 2.05) is 61.5 Å². The molecule has 0 spiro atoms. The highest BCUT2D eigenvalue weighted by Crippen LogP contribution is 2.38. The summed E-state index contributed by atoms with van der Waals surface area (Å²) in [4.78, 5) is 4.40. The molecular formula is C28H29FN4O2. The molecular weight excluding hydrogens is 443 g/mol. The van der Waals surface area contributed by atoms with Crippen LogP contribution in [0.15, 0.2) is 72.8 Å². The molecule has 0 unspecified atom stereocenters. The van der Waals surface area contributed by atoms with Crippen molar-refractivity contribution in [3.8, 4) is 33.9 Å². The Kier molecular flexibility index (Phi) is 6.68. The molecule has 2 N–H and O–H groups in total. The van der Waals surface area contributed by atoms with Crippen LogP contribution in [0.25, 0.3) is 22.4 Å². The first-order valence-corrected chi connectivity index (χ1v) is 11.9. The first-order chi connectivity index (χ1) is 17.1. The number of para-hydroxylation sites is 1. The monoisotopic (exact) mass is 472 g/mol. The molecule has 5 rings (SSSR count). The number of hydrogen-bond acceptors (Lipinski definition) is 5. The van der Waals surface area contributed by atoms with Crippen LogP contribution >= 0.6 is 0 Å². The van der Waals surface area contributed by atoms with E-state index in [-0.39, 0.29) is 11.6 Å². The molecule has 180 valence electrons. The second kappa shape index (κ2) is 10.2. The van der Waals surface area contributed by atoms with Crippen LogP contribution in [-0.2, 0) is 0 Å². The molecule has 1 aromatic heterocycles. The van der Waals surface area contributed by atoms with Gasteiger partial charge in [0.05, 0.1) is 5.69 Å². The third kappa shape index (κ3) is 5.00. The molecule has 1 aliphatic heterocycles. The van der Waals surface area contributed by atoms with Crippen LogP contribution in [0.3, 0.4) is 0 Å². The summed E-state index contributed by atoms with van der Waals surface area (Å²) in [6, 6.07) is 22.3. The fraction of sp³-hybridized carbons (Fsp3) is 0.250. The molecule has 0 radical (unpaired) electrons. The lowest BCUT2D eigenvalue weighted by molar-refractivity contribution is 0.200. The number of ether oxygens (including phenoxy) is 1. The van der Waals surface area contributed by atoms with Crippen molar-refractivity contribution >= 4 is 5.69 Å². The summed E-state index contributed by atoms with van der Waals surface area (Å²) in [5.74, 6) is 0.572. The summed E-state index contributed by atoms with van der Waals surface area (Å²) in [7, 11) is 0. The third-order valence-corrected chi connectivity index (χ3v) is 6.48. The number of halogens is 1. The first-order valence-electron chi connectivity index (χ1n) is 11.9. The number of hydrogen-bond donors (Lipinski definition) is 2. The summed E-state index contributed by atoms with van der Waals surface area (Å²) in [5.41, 5.74) is 5.01. The molecule has 0 bridgehead atoms. The molecule has 0 amide bonds. The van der Waals surface area contributed by atoms with Crippen LogP contribution in [0, 0.1) is 12.7 Å². The van der Waals surface area contributed by atoms with Gasteiger partial charge >= 0.3 is 0 Å². The maximum absolute atomic E-state index is 14.0. The Morgan fingerprint density at radius 1 is 0.971 bits per heavy atom. The molecule has 0 aliphatic carbocycles. The Bertz CT molecular complexity index is 1280. The van der Waals surface area contributed by atoms with Crippen molar-refractivity contribution in [2.24, 2.45) is 0 Å². The average molecular weight is 473 g/mol. The van der Waals surface area contributed by atoms with Gasteiger partial charge in [0.1, 0.15) is 29.6 Å². The van der Waals surface area contributed by atoms with Gasteiger partial charge in [0.15, 0.2) is 0 Å². The zero-order valence-electron chi connectivity index (χ0n) is 19.7. The van der Waals surface area contributed by atoms with E-state index in [4.69, 9.17) is 4.74 Å². The van der Waals surface area contributed by atoms with Gasteiger partial charge in [0, 0.05) is 55.6 Å². The van der Waals surface area contributed by atoms with Gasteiger partial charge in [-0.05, 0) is 36.8 Å². The molecule has 1 aliphatic rings. The molecule has 2 heterocycles. The second-order valence-electron chi connectivity index (χ2n) is 8.75. The number of aromatic nitrogens is 2. The number of H-pyrrole nitrogens is 1. The number of piperazine rings is 1. The Morgan fingerprint density at radius 2 is 1.71 bits per heavy atom. The number of benzene rings is 3. The lowest BCUT2D eigenvalue weighted by Crippen LogP contribution is -2.47. The summed E-state index contributed by atoms with van der Waals surface area (Å²) in [5, 5.41) is 18.2. The summed E-state index contributed by atoms with van der Waals surface area (Å²) < 4.78 is 20.0. The number of nitrogens with one attached hydrogen (secondary N) is 1. The van der Waals surface area contributed by atoms with Crippen LogP contribution in [-0.4, -0.2) is 59.5 Å². The maximum atomic E-state index is 14.0. The Labute approximate surface area is 204 Å². The highest BCUT2D eigenvalue weighted by atomic mass is 19.1. The van der Waals surface area contributed by atoms with E-state index in [0.29, 0.717) is 29.3 Å². The van der Waals surface area contributed by atoms with E-state index in [1.165, 1.54) is 6.07 Å². The predicted molar refractivity (Wildman–Crippen MR) is 136 cm³/mol. The van der Waals surface area contributed by atoms with Gasteiger partial charge in [-0.1, -0.05) is 42.5 Å². The minimum Gasteiger partial charge on any atom is -0.507 e. The minimum atomic E-state index is -0.173. The standard InChI is InChI=1S/C28H29FN4O2/c1-20-27(21-7-3-2-4-8-21)28(31-30-20)23-12-11-22(19-26(23)34)35-18-17-32-13-15-33(16-14-32)25-10-6-5-9-24(25)29/h2-12,19,34H,13-18H2,1H3,(H,30,31). The van der Waals surface area contributed by atoms with Crippen molar-refractivity contribution < 1.29 is 14.2 Å². The van der Waals surface area contributed by atoms with E-state index >= 15 is 0 Å². The second-order valence-corrected chi connectivity index (χ2v) is 8.75. The van der Waals surface area contributed by atoms with E-state index in [0.717, 1.165) is 49.5 Å². The van der Waals surface area contributed by atoms with Crippen LogP contribution in [0.5, 0.6) is 11.5 Å². The van der Waals surface area contributed by atoms with Crippen LogP contribution in [0.4, 0.5) is 10.1 Å². The highest BCUT2D eigenvalue weighted by Gasteiger charge is 2.20. The summed E-state index contributed by atoms with van der Waals surface area (Å²) >= 11 is 0. The summed E-state index contributed by atoms with van der Waals surface area (Å²) in [6.07, 6.45) is 0. The maximum Gasteiger partial charge on any atom is 0.146 e. The van der Waals surface area contributed by atoms with Gasteiger partial charge < -0.3 is 14.7 Å². The van der Waals surface area contributed by atoms with E-state index in [9.17, 15) is 9.50 Å². The molecule has 1 fully saturated rings. The topological polar surface area (TPSA) is 64.6 Å². The largest absolute Gasteiger partial charge is 0.507 e. The van der Waals surface area contributed by atoms with Crippen molar-refractivity contribution in [1.29, 1.82) is 0 Å². The van der Waals surface area contributed by atoms with Gasteiger partial charge in [0.25, 0.3) is 0 Å². The fourth-order valence-corrected chi connectivity index (χ4v) is 4.60. The lowest BCUT2D eigenvalue weighted by atomic mass is 9.99. The SMILES string of the molecule is Cc1[nH]nc(-c2ccc(OCCN3CCN(c4ccccc4F)CC3)cc2O)c1-c1ccccc1. The molecule has 3 aromatic carbocycles. The molecule has 1 saturated heterocycles. The number of aryl methyl sites for hydroxylation is 1. The predicted octanol–water partition coefficient (Wildman–Crippen LogP) is 5.10. The van der Waals surface area contributed by atoms with E-state index < -0.39 is 0 Å². The van der Waals surface area contributed by atoms with Gasteiger partial charge in [-0.3, -0.25) is 10.00 Å². The molecule has 7 heteroatoms. The van der Waals surface area contributed by atoms with Crippen molar-refractivity contribution in [2.75, 3.05) is 44.2 Å². The Morgan fingerprint density at radius 3 is 2.46 bits per heavy atom. The number of phenols is 1. The average Bonchev–Trinajstić information content (AvgIpc) is 3.26. The minimum absolute atomic E-state index is 0.129. The molecule has 6 nitrogen and oxygen atoms in total. The zero-order valence-corrected chi connectivity index (χ0v) is 19.7. The first kappa shape index (κ1) is 22.9. The normalized spacial score (nSPS) is 14.3. The van der Waals surface area contributed by atoms with E-state index in [1.54, 1.807) is 12.1 Å². The zero-order chi connectivity index (χ0) is 24.2. The van der Waals surface area contributed by atoms with Crippen LogP contribution in [0.1, 0.15) is 5.69 Å². The smallest absolute Gasteiger partial charge is 0.146 e. The van der Waals surface area contributed by atoms with Gasteiger partial charge in [-0.2, -0.15) is 5.10 Å². The van der Waals surface area contributed by atoms with Crippen molar-refractivity contribution in [3.63, 3.8) is 0 Å². The Hall–Kier alpha value is -3.84. The molecule has 0 atom stereocenters. The number of nitrogens with zero attached hydrogens (tertiary/aromatic N) is 3. The Balaban J connectivity index is 1.18. The summed E-state index contributed by atoms with van der Waals surface area (Å²) in [6.45, 7) is 6.51. The van der Waals surface area contributed by atoms with Crippen molar-refractivity contribution in [1.82, 2.24) is 15.1 Å². The van der Waals surface area contributed by atoms with Crippen LogP contribution < -0.4 is 9.64 Å². The highest BCUT2D eigenvalue weighted by molar-refractivity contribution is 5.85. The number of anilines is 1. The number of aromatic amines is 1. The van der Waals surface area contributed by atoms with Crippen molar-refractivity contribution in [3.05, 3.63) is 84.3 Å². The number of phenolic OH excluding ortho intramolecular Hbond substituents is 1. The number of rotatable bonds is 7. The molecule has 4 aromatic rings. The third-order valence-electron chi connectivity index (χ3n) is 6.48. The lowest BCUT2D eigenvalue weighted by Gasteiger charge is -2.36. The van der Waals surface area contributed by atoms with Gasteiger partial charge in [-0.15, -0.1) is 0 Å². The quantitative estimate of drug-likeness (QED) is 0.392.